The molecule has 6 nitrogen and oxygen atoms in total. The molecule has 34 heavy (non-hydrogen) atoms. The van der Waals surface area contributed by atoms with Gasteiger partial charge in [-0.15, -0.1) is 0 Å². The molecular weight excluding hydrogens is 447 g/mol. The minimum absolute atomic E-state index is 0.00165. The molecule has 0 bridgehead atoms. The first kappa shape index (κ1) is 24.8. The van der Waals surface area contributed by atoms with Crippen LogP contribution in [0.1, 0.15) is 52.6 Å². The fraction of sp³-hybridized carbons (Fsp3) is 0.240. The van der Waals surface area contributed by atoms with Crippen LogP contribution < -0.4 is 5.32 Å². The highest BCUT2D eigenvalue weighted by Gasteiger charge is 2.38. The van der Waals surface area contributed by atoms with Crippen molar-refractivity contribution in [1.82, 2.24) is 15.3 Å². The number of alkyl halides is 3. The number of benzene rings is 1. The van der Waals surface area contributed by atoms with E-state index in [2.05, 4.69) is 59.5 Å². The number of nitrogens with zero attached hydrogens (tertiary/aromatic N) is 1. The molecule has 3 aromatic rings. The third-order valence-electron chi connectivity index (χ3n) is 5.19. The maximum absolute atomic E-state index is 12.0. The molecule has 3 heterocycles. The number of hydrogen-bond donors (Lipinski definition) is 3. The molecule has 2 aromatic heterocycles. The predicted molar refractivity (Wildman–Crippen MR) is 123 cm³/mol. The molecule has 1 aromatic carbocycles. The van der Waals surface area contributed by atoms with Gasteiger partial charge in [-0.05, 0) is 41.3 Å². The van der Waals surface area contributed by atoms with Crippen LogP contribution >= 0.6 is 0 Å². The first-order valence-electron chi connectivity index (χ1n) is 10.6. The largest absolute Gasteiger partial charge is 0.490 e. The number of aromatic amines is 1. The van der Waals surface area contributed by atoms with Crippen LogP contribution in [0.3, 0.4) is 0 Å². The van der Waals surface area contributed by atoms with Crippen molar-refractivity contribution in [2.24, 2.45) is 0 Å². The molecule has 0 saturated carbocycles. The Morgan fingerprint density at radius 1 is 1.15 bits per heavy atom. The number of carbonyl (C=O) groups is 2. The Bertz CT molecular complexity index is 1210. The van der Waals surface area contributed by atoms with Gasteiger partial charge in [0.25, 0.3) is 5.91 Å². The Kier molecular flexibility index (Phi) is 7.55. The van der Waals surface area contributed by atoms with Gasteiger partial charge in [0.2, 0.25) is 0 Å². The topological polar surface area (TPSA) is 95.1 Å². The maximum atomic E-state index is 12.0. The molecule has 1 amide bonds. The standard InChI is InChI=1S/C23H23N3O.C2HF3O2/c1-15(2)19-6-4-3-5-16(19)7-8-18-13-17(9-11-24-18)22-14-20-21(26-22)10-12-25-23(20)27;3-2(4,5)1(6)7/h3-9,11,13-15,26H,10,12H2,1-2H3,(H,25,27);(H,6,7). The van der Waals surface area contributed by atoms with E-state index in [1.54, 1.807) is 0 Å². The van der Waals surface area contributed by atoms with Crippen molar-refractivity contribution in [2.75, 3.05) is 6.54 Å². The monoisotopic (exact) mass is 471 g/mol. The number of aliphatic carboxylic acids is 1. The maximum Gasteiger partial charge on any atom is 0.490 e. The molecular formula is C25H24F3N3O3. The summed E-state index contributed by atoms with van der Waals surface area (Å²) in [6.45, 7) is 5.09. The van der Waals surface area contributed by atoms with Gasteiger partial charge in [0.05, 0.1) is 11.3 Å². The molecule has 0 saturated heterocycles. The van der Waals surface area contributed by atoms with Crippen LogP contribution in [-0.4, -0.2) is 39.7 Å². The van der Waals surface area contributed by atoms with E-state index in [9.17, 15) is 18.0 Å². The lowest BCUT2D eigenvalue weighted by Crippen LogP contribution is -2.31. The van der Waals surface area contributed by atoms with Gasteiger partial charge in [0.15, 0.2) is 0 Å². The zero-order chi connectivity index (χ0) is 24.9. The van der Waals surface area contributed by atoms with Crippen molar-refractivity contribution < 1.29 is 27.9 Å². The van der Waals surface area contributed by atoms with Crippen molar-refractivity contribution in [3.63, 3.8) is 0 Å². The highest BCUT2D eigenvalue weighted by atomic mass is 19.4. The molecule has 0 spiro atoms. The van der Waals surface area contributed by atoms with Gasteiger partial charge in [-0.25, -0.2) is 4.79 Å². The van der Waals surface area contributed by atoms with E-state index >= 15 is 0 Å². The Morgan fingerprint density at radius 3 is 2.50 bits per heavy atom. The third-order valence-corrected chi connectivity index (χ3v) is 5.19. The van der Waals surface area contributed by atoms with Gasteiger partial charge in [-0.3, -0.25) is 9.78 Å². The molecule has 0 aliphatic carbocycles. The van der Waals surface area contributed by atoms with Crippen LogP contribution in [0.15, 0.2) is 48.7 Å². The van der Waals surface area contributed by atoms with Crippen molar-refractivity contribution in [3.05, 3.63) is 76.7 Å². The average molecular weight is 471 g/mol. The summed E-state index contributed by atoms with van der Waals surface area (Å²) >= 11 is 0. The Morgan fingerprint density at radius 2 is 1.85 bits per heavy atom. The second-order valence-electron chi connectivity index (χ2n) is 7.97. The Labute approximate surface area is 194 Å². The number of H-pyrrole nitrogens is 1. The number of halogens is 3. The molecule has 0 radical (unpaired) electrons. The number of fused-ring (bicyclic) bond motifs is 1. The highest BCUT2D eigenvalue weighted by Crippen LogP contribution is 2.25. The number of aromatic nitrogens is 2. The van der Waals surface area contributed by atoms with Gasteiger partial charge < -0.3 is 15.4 Å². The normalized spacial score (nSPS) is 13.3. The van der Waals surface area contributed by atoms with Crippen molar-refractivity contribution >= 4 is 24.0 Å². The molecule has 178 valence electrons. The van der Waals surface area contributed by atoms with Gasteiger partial charge in [-0.2, -0.15) is 13.2 Å². The fourth-order valence-electron chi connectivity index (χ4n) is 3.52. The molecule has 3 N–H and O–H groups in total. The second kappa shape index (κ2) is 10.4. The number of carbonyl (C=O) groups excluding carboxylic acids is 1. The lowest BCUT2D eigenvalue weighted by molar-refractivity contribution is -0.192. The predicted octanol–water partition coefficient (Wildman–Crippen LogP) is 5.29. The van der Waals surface area contributed by atoms with Gasteiger partial charge in [0, 0.05) is 36.1 Å². The van der Waals surface area contributed by atoms with Gasteiger partial charge >= 0.3 is 12.1 Å². The van der Waals surface area contributed by atoms with E-state index in [1.165, 1.54) is 11.1 Å². The first-order valence-corrected chi connectivity index (χ1v) is 10.6. The lowest BCUT2D eigenvalue weighted by atomic mass is 9.97. The zero-order valence-corrected chi connectivity index (χ0v) is 18.6. The number of rotatable bonds is 4. The Hall–Kier alpha value is -3.88. The fourth-order valence-corrected chi connectivity index (χ4v) is 3.52. The highest BCUT2D eigenvalue weighted by molar-refractivity contribution is 5.97. The summed E-state index contributed by atoms with van der Waals surface area (Å²) in [7, 11) is 0. The lowest BCUT2D eigenvalue weighted by Gasteiger charge is -2.10. The molecule has 0 atom stereocenters. The number of hydrogen-bond acceptors (Lipinski definition) is 3. The van der Waals surface area contributed by atoms with E-state index in [0.29, 0.717) is 12.5 Å². The third kappa shape index (κ3) is 6.12. The van der Waals surface area contributed by atoms with Crippen LogP contribution in [0, 0.1) is 0 Å². The van der Waals surface area contributed by atoms with Crippen molar-refractivity contribution in [3.8, 4) is 11.3 Å². The number of nitrogens with one attached hydrogen (secondary N) is 2. The summed E-state index contributed by atoms with van der Waals surface area (Å²) in [5.74, 6) is -2.28. The van der Waals surface area contributed by atoms with Gasteiger partial charge in [0.1, 0.15) is 0 Å². The summed E-state index contributed by atoms with van der Waals surface area (Å²) in [6, 6.07) is 14.4. The molecule has 4 rings (SSSR count). The van der Waals surface area contributed by atoms with Crippen molar-refractivity contribution in [1.29, 1.82) is 0 Å². The number of carboxylic acids is 1. The number of pyridine rings is 1. The van der Waals surface area contributed by atoms with E-state index in [0.717, 1.165) is 34.6 Å². The zero-order valence-electron chi connectivity index (χ0n) is 18.6. The molecule has 1 aliphatic rings. The minimum Gasteiger partial charge on any atom is -0.475 e. The average Bonchev–Trinajstić information content (AvgIpc) is 3.24. The smallest absolute Gasteiger partial charge is 0.475 e. The molecule has 0 unspecified atom stereocenters. The van der Waals surface area contributed by atoms with Crippen LogP contribution in [-0.2, 0) is 11.2 Å². The van der Waals surface area contributed by atoms with Crippen LogP contribution in [0.4, 0.5) is 13.2 Å². The van der Waals surface area contributed by atoms with Gasteiger partial charge in [-0.1, -0.05) is 44.2 Å². The SMILES string of the molecule is CC(C)c1ccccc1C=Cc1cc(-c2cc3c([nH]2)CCNC3=O)ccn1.O=C(O)C(F)(F)F. The summed E-state index contributed by atoms with van der Waals surface area (Å²) in [4.78, 5) is 28.7. The van der Waals surface area contributed by atoms with Crippen molar-refractivity contribution in [2.45, 2.75) is 32.4 Å². The molecule has 0 fully saturated rings. The number of carboxylic acid groups (broad SMARTS) is 1. The van der Waals surface area contributed by atoms with E-state index in [4.69, 9.17) is 9.90 Å². The van der Waals surface area contributed by atoms with E-state index < -0.39 is 12.1 Å². The quantitative estimate of drug-likeness (QED) is 0.482. The van der Waals surface area contributed by atoms with E-state index in [-0.39, 0.29) is 5.91 Å². The second-order valence-corrected chi connectivity index (χ2v) is 7.97. The van der Waals surface area contributed by atoms with E-state index in [1.807, 2.05) is 30.5 Å². The summed E-state index contributed by atoms with van der Waals surface area (Å²) in [5, 5.41) is 10.0. The first-order chi connectivity index (χ1) is 16.1. The number of amides is 1. The summed E-state index contributed by atoms with van der Waals surface area (Å²) in [5.41, 5.74) is 7.17. The summed E-state index contributed by atoms with van der Waals surface area (Å²) < 4.78 is 31.7. The van der Waals surface area contributed by atoms with Crippen LogP contribution in [0.25, 0.3) is 23.4 Å². The minimum atomic E-state index is -5.08. The molecule has 1 aliphatic heterocycles. The Balaban J connectivity index is 0.000000406. The molecule has 9 heteroatoms. The van der Waals surface area contributed by atoms with Crippen LogP contribution in [0.2, 0.25) is 0 Å². The van der Waals surface area contributed by atoms with Crippen LogP contribution in [0.5, 0.6) is 0 Å². The summed E-state index contributed by atoms with van der Waals surface area (Å²) in [6.07, 6.45) is 1.73.